The predicted molar refractivity (Wildman–Crippen MR) is 68.1 cm³/mol. The highest BCUT2D eigenvalue weighted by Crippen LogP contribution is 2.14. The smallest absolute Gasteiger partial charge is 0.258 e. The Hall–Kier alpha value is -1.88. The van der Waals surface area contributed by atoms with Gasteiger partial charge in [-0.3, -0.25) is 4.79 Å². The molecule has 3 nitrogen and oxygen atoms in total. The van der Waals surface area contributed by atoms with E-state index in [2.05, 4.69) is 5.32 Å². The number of thiophene rings is 1. The Balaban J connectivity index is 1.77. The minimum atomic E-state index is -0.469. The fourth-order valence-electron chi connectivity index (χ4n) is 1.35. The van der Waals surface area contributed by atoms with Gasteiger partial charge in [-0.2, -0.15) is 11.3 Å². The van der Waals surface area contributed by atoms with Crippen molar-refractivity contribution in [2.24, 2.45) is 0 Å². The largest absolute Gasteiger partial charge is 0.481 e. The van der Waals surface area contributed by atoms with E-state index in [1.165, 1.54) is 12.1 Å². The molecule has 0 aliphatic rings. The molecule has 5 heteroatoms. The lowest BCUT2D eigenvalue weighted by atomic mass is 10.3. The van der Waals surface area contributed by atoms with E-state index < -0.39 is 5.82 Å². The van der Waals surface area contributed by atoms with E-state index in [0.29, 0.717) is 6.54 Å². The fourth-order valence-corrected chi connectivity index (χ4v) is 2.02. The maximum Gasteiger partial charge on any atom is 0.258 e. The lowest BCUT2D eigenvalue weighted by molar-refractivity contribution is -0.123. The summed E-state index contributed by atoms with van der Waals surface area (Å²) in [6, 6.07) is 7.93. The van der Waals surface area contributed by atoms with Crippen LogP contribution in [0.5, 0.6) is 5.75 Å². The van der Waals surface area contributed by atoms with Crippen molar-refractivity contribution in [1.29, 1.82) is 0 Å². The van der Waals surface area contributed by atoms with Gasteiger partial charge in [-0.05, 0) is 34.5 Å². The molecule has 0 bridgehead atoms. The van der Waals surface area contributed by atoms with E-state index >= 15 is 0 Å². The Morgan fingerprint density at radius 3 is 2.89 bits per heavy atom. The van der Waals surface area contributed by atoms with Crippen LogP contribution < -0.4 is 10.1 Å². The molecule has 0 atom stereocenters. The third-order valence-corrected chi connectivity index (χ3v) is 3.00. The summed E-state index contributed by atoms with van der Waals surface area (Å²) in [6.07, 6.45) is 0. The van der Waals surface area contributed by atoms with Crippen molar-refractivity contribution in [2.45, 2.75) is 6.54 Å². The Kier molecular flexibility index (Phi) is 4.30. The Labute approximate surface area is 108 Å². The van der Waals surface area contributed by atoms with E-state index in [9.17, 15) is 9.18 Å². The first-order valence-electron chi connectivity index (χ1n) is 5.41. The van der Waals surface area contributed by atoms with Crippen molar-refractivity contribution in [3.63, 3.8) is 0 Å². The summed E-state index contributed by atoms with van der Waals surface area (Å²) in [4.78, 5) is 11.5. The standard InChI is InChI=1S/C13H12FNO2S/c14-11-3-1-2-4-12(11)17-8-13(16)15-7-10-5-6-18-9-10/h1-6,9H,7-8H2,(H,15,16). The van der Waals surface area contributed by atoms with Crippen molar-refractivity contribution in [2.75, 3.05) is 6.61 Å². The van der Waals surface area contributed by atoms with Gasteiger partial charge < -0.3 is 10.1 Å². The molecule has 0 unspecified atom stereocenters. The molecule has 0 fully saturated rings. The number of ether oxygens (including phenoxy) is 1. The van der Waals surface area contributed by atoms with Gasteiger partial charge in [-0.25, -0.2) is 4.39 Å². The van der Waals surface area contributed by atoms with Crippen LogP contribution in [0.2, 0.25) is 0 Å². The second-order valence-electron chi connectivity index (χ2n) is 3.63. The molecule has 0 spiro atoms. The summed E-state index contributed by atoms with van der Waals surface area (Å²) in [6.45, 7) is 0.272. The average Bonchev–Trinajstić information content (AvgIpc) is 2.88. The molecule has 2 rings (SSSR count). The second kappa shape index (κ2) is 6.16. The summed E-state index contributed by atoms with van der Waals surface area (Å²) in [5.74, 6) is -0.657. The number of para-hydroxylation sites is 1. The van der Waals surface area contributed by atoms with Crippen LogP contribution in [-0.2, 0) is 11.3 Å². The monoisotopic (exact) mass is 265 g/mol. The molecule has 0 saturated carbocycles. The molecular weight excluding hydrogens is 253 g/mol. The summed E-state index contributed by atoms with van der Waals surface area (Å²) >= 11 is 1.57. The minimum Gasteiger partial charge on any atom is -0.481 e. The number of halogens is 1. The third-order valence-electron chi connectivity index (χ3n) is 2.27. The van der Waals surface area contributed by atoms with Crippen LogP contribution in [0.3, 0.4) is 0 Å². The van der Waals surface area contributed by atoms with Crippen LogP contribution in [0, 0.1) is 5.82 Å². The van der Waals surface area contributed by atoms with Crippen molar-refractivity contribution in [3.05, 3.63) is 52.5 Å². The maximum atomic E-state index is 13.2. The number of nitrogens with one attached hydrogen (secondary N) is 1. The van der Waals surface area contributed by atoms with Gasteiger partial charge in [0.05, 0.1) is 0 Å². The molecule has 0 saturated heterocycles. The number of hydrogen-bond acceptors (Lipinski definition) is 3. The first-order chi connectivity index (χ1) is 8.75. The van der Waals surface area contributed by atoms with Gasteiger partial charge in [0.25, 0.3) is 5.91 Å². The van der Waals surface area contributed by atoms with Gasteiger partial charge in [0.1, 0.15) is 0 Å². The molecule has 1 N–H and O–H groups in total. The van der Waals surface area contributed by atoms with Crippen LogP contribution in [0.15, 0.2) is 41.1 Å². The van der Waals surface area contributed by atoms with Crippen LogP contribution >= 0.6 is 11.3 Å². The number of hydrogen-bond donors (Lipinski definition) is 1. The lowest BCUT2D eigenvalue weighted by Gasteiger charge is -2.07. The van der Waals surface area contributed by atoms with Crippen LogP contribution in [-0.4, -0.2) is 12.5 Å². The van der Waals surface area contributed by atoms with Crippen molar-refractivity contribution in [1.82, 2.24) is 5.32 Å². The maximum absolute atomic E-state index is 13.2. The zero-order valence-corrected chi connectivity index (χ0v) is 10.4. The summed E-state index contributed by atoms with van der Waals surface area (Å²) in [7, 11) is 0. The second-order valence-corrected chi connectivity index (χ2v) is 4.41. The van der Waals surface area contributed by atoms with Crippen LogP contribution in [0.1, 0.15) is 5.56 Å². The molecule has 1 heterocycles. The number of amides is 1. The first kappa shape index (κ1) is 12.6. The van der Waals surface area contributed by atoms with Crippen LogP contribution in [0.25, 0.3) is 0 Å². The van der Waals surface area contributed by atoms with Crippen molar-refractivity contribution in [3.8, 4) is 5.75 Å². The summed E-state index contributed by atoms with van der Waals surface area (Å²) in [5, 5.41) is 6.59. The average molecular weight is 265 g/mol. The zero-order valence-electron chi connectivity index (χ0n) is 9.56. The normalized spacial score (nSPS) is 10.1. The highest BCUT2D eigenvalue weighted by atomic mass is 32.1. The first-order valence-corrected chi connectivity index (χ1v) is 6.35. The Morgan fingerprint density at radius 2 is 2.17 bits per heavy atom. The number of carbonyl (C=O) groups is 1. The quantitative estimate of drug-likeness (QED) is 0.902. The van der Waals surface area contributed by atoms with Crippen molar-refractivity contribution < 1.29 is 13.9 Å². The molecule has 1 aromatic carbocycles. The van der Waals surface area contributed by atoms with E-state index in [1.807, 2.05) is 16.8 Å². The zero-order chi connectivity index (χ0) is 12.8. The Bertz CT molecular complexity index is 513. The summed E-state index contributed by atoms with van der Waals surface area (Å²) < 4.78 is 18.3. The van der Waals surface area contributed by atoms with E-state index in [4.69, 9.17) is 4.74 Å². The molecule has 0 aliphatic heterocycles. The highest BCUT2D eigenvalue weighted by Gasteiger charge is 2.05. The minimum absolute atomic E-state index is 0.0863. The lowest BCUT2D eigenvalue weighted by Crippen LogP contribution is -2.28. The molecule has 1 amide bonds. The third kappa shape index (κ3) is 3.56. The van der Waals surface area contributed by atoms with Gasteiger partial charge in [0.2, 0.25) is 0 Å². The van der Waals surface area contributed by atoms with E-state index in [0.717, 1.165) is 5.56 Å². The predicted octanol–water partition coefficient (Wildman–Crippen LogP) is 2.58. The molecule has 94 valence electrons. The molecule has 18 heavy (non-hydrogen) atoms. The van der Waals surface area contributed by atoms with Gasteiger partial charge in [0.15, 0.2) is 18.2 Å². The van der Waals surface area contributed by atoms with Gasteiger partial charge in [0, 0.05) is 6.54 Å². The van der Waals surface area contributed by atoms with Gasteiger partial charge in [-0.15, -0.1) is 0 Å². The fraction of sp³-hybridized carbons (Fsp3) is 0.154. The SMILES string of the molecule is O=C(COc1ccccc1F)NCc1ccsc1. The molecule has 1 aromatic heterocycles. The number of carbonyl (C=O) groups excluding carboxylic acids is 1. The number of rotatable bonds is 5. The molecule has 0 radical (unpaired) electrons. The van der Waals surface area contributed by atoms with E-state index in [1.54, 1.807) is 23.5 Å². The van der Waals surface area contributed by atoms with Gasteiger partial charge in [-0.1, -0.05) is 12.1 Å². The van der Waals surface area contributed by atoms with E-state index in [-0.39, 0.29) is 18.3 Å². The summed E-state index contributed by atoms with van der Waals surface area (Å²) in [5.41, 5.74) is 1.04. The number of benzene rings is 1. The van der Waals surface area contributed by atoms with Crippen LogP contribution in [0.4, 0.5) is 4.39 Å². The Morgan fingerprint density at radius 1 is 1.33 bits per heavy atom. The molecule has 0 aliphatic carbocycles. The molecule has 2 aromatic rings. The topological polar surface area (TPSA) is 38.3 Å². The highest BCUT2D eigenvalue weighted by molar-refractivity contribution is 7.07. The van der Waals surface area contributed by atoms with Crippen molar-refractivity contribution >= 4 is 17.2 Å². The van der Waals surface area contributed by atoms with Gasteiger partial charge >= 0.3 is 0 Å². The molecular formula is C13H12FNO2S.